The van der Waals surface area contributed by atoms with E-state index in [1.54, 1.807) is 0 Å². The van der Waals surface area contributed by atoms with E-state index in [-0.39, 0.29) is 17.8 Å². The third-order valence-electron chi connectivity index (χ3n) is 5.41. The normalized spacial score (nSPS) is 15.6. The standard InChI is InChI=1S/C24H29N5O2S/c1-17-10-11-21(18(2)13-17)25-14-22-27-28-24(29(22)15-20-9-6-12-31-20)32-16-23(30)26-19-7-4-3-5-8-19/h3-5,7-8,10-11,13,20,25H,6,9,12,14-16H2,1-2H3,(H,26,30)/t20-/m0/s1. The lowest BCUT2D eigenvalue weighted by molar-refractivity contribution is -0.113. The zero-order chi connectivity index (χ0) is 22.3. The molecule has 1 aromatic heterocycles. The molecule has 32 heavy (non-hydrogen) atoms. The highest BCUT2D eigenvalue weighted by Gasteiger charge is 2.21. The lowest BCUT2D eigenvalue weighted by atomic mass is 10.1. The largest absolute Gasteiger partial charge is 0.378 e. The fraction of sp³-hybridized carbons (Fsp3) is 0.375. The number of para-hydroxylation sites is 1. The Labute approximate surface area is 193 Å². The molecule has 3 aromatic rings. The molecular weight excluding hydrogens is 422 g/mol. The van der Waals surface area contributed by atoms with Crippen molar-refractivity contribution < 1.29 is 9.53 Å². The summed E-state index contributed by atoms with van der Waals surface area (Å²) in [4.78, 5) is 12.4. The van der Waals surface area contributed by atoms with Crippen LogP contribution in [0.4, 0.5) is 11.4 Å². The van der Waals surface area contributed by atoms with E-state index >= 15 is 0 Å². The summed E-state index contributed by atoms with van der Waals surface area (Å²) in [6, 6.07) is 15.8. The van der Waals surface area contributed by atoms with E-state index < -0.39 is 0 Å². The highest BCUT2D eigenvalue weighted by Crippen LogP contribution is 2.23. The van der Waals surface area contributed by atoms with Crippen LogP contribution in [0.3, 0.4) is 0 Å². The van der Waals surface area contributed by atoms with Crippen LogP contribution in [-0.2, 0) is 22.6 Å². The van der Waals surface area contributed by atoms with Crippen LogP contribution in [0.25, 0.3) is 0 Å². The molecule has 2 aromatic carbocycles. The number of hydrogen-bond acceptors (Lipinski definition) is 6. The zero-order valence-electron chi connectivity index (χ0n) is 18.5. The first kappa shape index (κ1) is 22.4. The van der Waals surface area contributed by atoms with Gasteiger partial charge in [-0.05, 0) is 50.5 Å². The third-order valence-corrected chi connectivity index (χ3v) is 6.38. The van der Waals surface area contributed by atoms with E-state index in [0.717, 1.165) is 41.8 Å². The van der Waals surface area contributed by atoms with Crippen molar-refractivity contribution in [1.82, 2.24) is 14.8 Å². The third kappa shape index (κ3) is 5.89. The molecule has 7 nitrogen and oxygen atoms in total. The Kier molecular flexibility index (Phi) is 7.44. The predicted octanol–water partition coefficient (Wildman–Crippen LogP) is 4.42. The first-order chi connectivity index (χ1) is 15.6. The van der Waals surface area contributed by atoms with Crippen molar-refractivity contribution in [2.45, 2.75) is 51.0 Å². The fourth-order valence-electron chi connectivity index (χ4n) is 3.77. The summed E-state index contributed by atoms with van der Waals surface area (Å²) < 4.78 is 7.94. The average molecular weight is 452 g/mol. The number of aryl methyl sites for hydroxylation is 2. The first-order valence-corrected chi connectivity index (χ1v) is 11.9. The molecule has 0 aliphatic carbocycles. The minimum absolute atomic E-state index is 0.0668. The summed E-state index contributed by atoms with van der Waals surface area (Å²) in [7, 11) is 0. The van der Waals surface area contributed by atoms with Crippen molar-refractivity contribution in [3.8, 4) is 0 Å². The molecule has 0 radical (unpaired) electrons. The number of rotatable bonds is 9. The Morgan fingerprint density at radius 2 is 2.03 bits per heavy atom. The molecule has 0 bridgehead atoms. The van der Waals surface area contributed by atoms with Crippen LogP contribution in [0.15, 0.2) is 53.7 Å². The van der Waals surface area contributed by atoms with Crippen LogP contribution in [0, 0.1) is 13.8 Å². The van der Waals surface area contributed by atoms with Gasteiger partial charge in [-0.1, -0.05) is 47.7 Å². The van der Waals surface area contributed by atoms with Gasteiger partial charge < -0.3 is 19.9 Å². The van der Waals surface area contributed by atoms with Gasteiger partial charge in [-0.3, -0.25) is 4.79 Å². The number of nitrogens with zero attached hydrogens (tertiary/aromatic N) is 3. The van der Waals surface area contributed by atoms with Crippen molar-refractivity contribution in [1.29, 1.82) is 0 Å². The van der Waals surface area contributed by atoms with Gasteiger partial charge in [0.2, 0.25) is 5.91 Å². The molecular formula is C24H29N5O2S. The highest BCUT2D eigenvalue weighted by atomic mass is 32.2. The second-order valence-electron chi connectivity index (χ2n) is 8.02. The summed E-state index contributed by atoms with van der Waals surface area (Å²) >= 11 is 1.40. The molecule has 1 aliphatic rings. The number of hydrogen-bond donors (Lipinski definition) is 2. The predicted molar refractivity (Wildman–Crippen MR) is 128 cm³/mol. The Bertz CT molecular complexity index is 1050. The quantitative estimate of drug-likeness (QED) is 0.469. The first-order valence-electron chi connectivity index (χ1n) is 10.9. The van der Waals surface area contributed by atoms with E-state index in [1.807, 2.05) is 30.3 Å². The Hall–Kier alpha value is -2.84. The van der Waals surface area contributed by atoms with Gasteiger partial charge in [-0.25, -0.2) is 0 Å². The second-order valence-corrected chi connectivity index (χ2v) is 8.96. The lowest BCUT2D eigenvalue weighted by Gasteiger charge is -2.16. The number of amides is 1. The minimum atomic E-state index is -0.0668. The molecule has 0 spiro atoms. The van der Waals surface area contributed by atoms with Gasteiger partial charge in [0.15, 0.2) is 11.0 Å². The summed E-state index contributed by atoms with van der Waals surface area (Å²) in [5.74, 6) is 1.04. The molecule has 2 N–H and O–H groups in total. The number of carbonyl (C=O) groups is 1. The zero-order valence-corrected chi connectivity index (χ0v) is 19.3. The molecule has 4 rings (SSSR count). The molecule has 168 valence electrons. The number of benzene rings is 2. The summed E-state index contributed by atoms with van der Waals surface area (Å²) in [6.07, 6.45) is 2.26. The second kappa shape index (κ2) is 10.7. The number of carbonyl (C=O) groups excluding carboxylic acids is 1. The van der Waals surface area contributed by atoms with Gasteiger partial charge in [0.05, 0.1) is 24.9 Å². The van der Waals surface area contributed by atoms with Crippen LogP contribution in [0.2, 0.25) is 0 Å². The van der Waals surface area contributed by atoms with E-state index in [9.17, 15) is 4.79 Å². The van der Waals surface area contributed by atoms with Gasteiger partial charge in [0.1, 0.15) is 0 Å². The van der Waals surface area contributed by atoms with E-state index in [0.29, 0.717) is 13.1 Å². The Morgan fingerprint density at radius 1 is 1.19 bits per heavy atom. The molecule has 1 atom stereocenters. The van der Waals surface area contributed by atoms with E-state index in [1.165, 1.54) is 22.9 Å². The van der Waals surface area contributed by atoms with Crippen LogP contribution >= 0.6 is 11.8 Å². The maximum atomic E-state index is 12.4. The Balaban J connectivity index is 1.43. The average Bonchev–Trinajstić information content (AvgIpc) is 3.43. The molecule has 8 heteroatoms. The maximum absolute atomic E-state index is 12.4. The Morgan fingerprint density at radius 3 is 2.78 bits per heavy atom. The molecule has 0 saturated carbocycles. The van der Waals surface area contributed by atoms with Crippen LogP contribution in [0.5, 0.6) is 0 Å². The van der Waals surface area contributed by atoms with Crippen LogP contribution in [0.1, 0.15) is 29.8 Å². The van der Waals surface area contributed by atoms with Gasteiger partial charge >= 0.3 is 0 Å². The van der Waals surface area contributed by atoms with Crippen LogP contribution < -0.4 is 10.6 Å². The van der Waals surface area contributed by atoms with Gasteiger partial charge in [0, 0.05) is 18.0 Å². The van der Waals surface area contributed by atoms with E-state index in [2.05, 4.69) is 57.4 Å². The van der Waals surface area contributed by atoms with Crippen molar-refractivity contribution in [3.63, 3.8) is 0 Å². The number of ether oxygens (including phenoxy) is 1. The topological polar surface area (TPSA) is 81.1 Å². The summed E-state index contributed by atoms with van der Waals surface area (Å²) in [6.45, 7) is 6.23. The van der Waals surface area contributed by atoms with Crippen molar-refractivity contribution in [2.24, 2.45) is 0 Å². The van der Waals surface area contributed by atoms with Crippen molar-refractivity contribution in [3.05, 3.63) is 65.5 Å². The van der Waals surface area contributed by atoms with Gasteiger partial charge in [0.25, 0.3) is 0 Å². The number of anilines is 2. The molecule has 1 aliphatic heterocycles. The SMILES string of the molecule is Cc1ccc(NCc2nnc(SCC(=O)Nc3ccccc3)n2C[C@@H]2CCCO2)c(C)c1. The molecule has 2 heterocycles. The minimum Gasteiger partial charge on any atom is -0.378 e. The molecule has 1 amide bonds. The molecule has 0 unspecified atom stereocenters. The smallest absolute Gasteiger partial charge is 0.234 e. The van der Waals surface area contributed by atoms with E-state index in [4.69, 9.17) is 4.74 Å². The van der Waals surface area contributed by atoms with Crippen molar-refractivity contribution >= 4 is 29.0 Å². The summed E-state index contributed by atoms with van der Waals surface area (Å²) in [5.41, 5.74) is 4.31. The van der Waals surface area contributed by atoms with Gasteiger partial charge in [-0.15, -0.1) is 10.2 Å². The molecule has 1 saturated heterocycles. The number of nitrogens with one attached hydrogen (secondary N) is 2. The van der Waals surface area contributed by atoms with Crippen LogP contribution in [-0.4, -0.2) is 39.1 Å². The monoisotopic (exact) mass is 451 g/mol. The highest BCUT2D eigenvalue weighted by molar-refractivity contribution is 7.99. The fourth-order valence-corrected chi connectivity index (χ4v) is 4.53. The number of aromatic nitrogens is 3. The lowest BCUT2D eigenvalue weighted by Crippen LogP contribution is -2.20. The van der Waals surface area contributed by atoms with Gasteiger partial charge in [-0.2, -0.15) is 0 Å². The molecule has 1 fully saturated rings. The number of thioether (sulfide) groups is 1. The maximum Gasteiger partial charge on any atom is 0.234 e. The van der Waals surface area contributed by atoms with Crippen molar-refractivity contribution in [2.75, 3.05) is 23.0 Å². The summed E-state index contributed by atoms with van der Waals surface area (Å²) in [5, 5.41) is 15.9.